The monoisotopic (exact) mass is 549 g/mol. The first kappa shape index (κ1) is 30.0. The van der Waals surface area contributed by atoms with Crippen molar-refractivity contribution >= 4 is 29.5 Å². The molecule has 0 atom stereocenters. The van der Waals surface area contributed by atoms with Crippen molar-refractivity contribution < 1.29 is 19.8 Å². The molecule has 0 aliphatic heterocycles. The van der Waals surface area contributed by atoms with Crippen molar-refractivity contribution in [2.24, 2.45) is 0 Å². The second-order valence-electron chi connectivity index (χ2n) is 10.0. The van der Waals surface area contributed by atoms with Crippen molar-refractivity contribution in [3.8, 4) is 11.3 Å². The van der Waals surface area contributed by atoms with Crippen LogP contribution in [0.15, 0.2) is 53.5 Å². The standard InChI is InChI=1S/C28H35N7O5/c1-17(2)33-25-27(40)35(14-24(38)31-12-19-6-4-18(11-29)5-7-19)23(13-32-25)20-8-21(10-22(30)9-20)26(39)34-28(3,15-36)16-37/h4-11,13,17,29,36-37H,12,14-16,30H2,1-3H3,(H,31,38)(H,32,33)(H,34,39). The van der Waals surface area contributed by atoms with Gasteiger partial charge in [-0.3, -0.25) is 19.0 Å². The molecule has 12 heteroatoms. The van der Waals surface area contributed by atoms with Gasteiger partial charge in [-0.05, 0) is 50.1 Å². The molecule has 0 unspecified atom stereocenters. The van der Waals surface area contributed by atoms with E-state index in [1.54, 1.807) is 30.3 Å². The lowest BCUT2D eigenvalue weighted by Gasteiger charge is -2.26. The highest BCUT2D eigenvalue weighted by molar-refractivity contribution is 5.97. The molecule has 2 aromatic carbocycles. The van der Waals surface area contributed by atoms with E-state index in [2.05, 4.69) is 20.9 Å². The number of rotatable bonds is 12. The van der Waals surface area contributed by atoms with Crippen LogP contribution >= 0.6 is 0 Å². The lowest BCUT2D eigenvalue weighted by atomic mass is 10.0. The minimum Gasteiger partial charge on any atom is -0.399 e. The SMILES string of the molecule is CC(C)Nc1ncc(-c2cc(N)cc(C(=O)NC(C)(CO)CO)c2)n(CC(=O)NCc2ccc(C=N)cc2)c1=O. The fraction of sp³-hybridized carbons (Fsp3) is 0.321. The largest absolute Gasteiger partial charge is 0.399 e. The summed E-state index contributed by atoms with van der Waals surface area (Å²) in [4.78, 5) is 43.6. The van der Waals surface area contributed by atoms with Crippen molar-refractivity contribution in [1.82, 2.24) is 20.2 Å². The van der Waals surface area contributed by atoms with E-state index < -0.39 is 36.1 Å². The molecule has 40 heavy (non-hydrogen) atoms. The number of nitrogen functional groups attached to an aromatic ring is 1. The predicted molar refractivity (Wildman–Crippen MR) is 153 cm³/mol. The zero-order valence-corrected chi connectivity index (χ0v) is 22.7. The summed E-state index contributed by atoms with van der Waals surface area (Å²) < 4.78 is 1.26. The summed E-state index contributed by atoms with van der Waals surface area (Å²) in [6.07, 6.45) is 2.66. The highest BCUT2D eigenvalue weighted by atomic mass is 16.3. The molecule has 0 bridgehead atoms. The first-order valence-electron chi connectivity index (χ1n) is 12.7. The summed E-state index contributed by atoms with van der Waals surface area (Å²) >= 11 is 0. The van der Waals surface area contributed by atoms with Gasteiger partial charge in [-0.25, -0.2) is 4.98 Å². The minimum atomic E-state index is -1.26. The molecule has 212 valence electrons. The van der Waals surface area contributed by atoms with E-state index in [0.29, 0.717) is 5.56 Å². The molecule has 0 saturated carbocycles. The Hall–Kier alpha value is -4.55. The number of aromatic nitrogens is 2. The summed E-state index contributed by atoms with van der Waals surface area (Å²) in [7, 11) is 0. The lowest BCUT2D eigenvalue weighted by Crippen LogP contribution is -2.51. The number of carbonyl (C=O) groups is 2. The van der Waals surface area contributed by atoms with Crippen LogP contribution in [0.5, 0.6) is 0 Å². The number of hydrogen-bond acceptors (Lipinski definition) is 9. The zero-order valence-electron chi connectivity index (χ0n) is 22.7. The summed E-state index contributed by atoms with van der Waals surface area (Å²) in [6, 6.07) is 11.5. The average molecular weight is 550 g/mol. The smallest absolute Gasteiger partial charge is 0.294 e. The van der Waals surface area contributed by atoms with Crippen LogP contribution in [0.2, 0.25) is 0 Å². The summed E-state index contributed by atoms with van der Waals surface area (Å²) in [5, 5.41) is 34.8. The molecule has 0 radical (unpaired) electrons. The summed E-state index contributed by atoms with van der Waals surface area (Å²) in [6.45, 7) is 4.11. The first-order valence-corrected chi connectivity index (χ1v) is 12.7. The highest BCUT2D eigenvalue weighted by Gasteiger charge is 2.26. The van der Waals surface area contributed by atoms with Crippen LogP contribution in [0, 0.1) is 5.41 Å². The van der Waals surface area contributed by atoms with Crippen LogP contribution in [-0.4, -0.2) is 62.6 Å². The van der Waals surface area contributed by atoms with E-state index in [-0.39, 0.29) is 41.9 Å². The van der Waals surface area contributed by atoms with Crippen LogP contribution < -0.4 is 27.2 Å². The fourth-order valence-corrected chi connectivity index (χ4v) is 3.79. The number of nitrogens with two attached hydrogens (primary N) is 1. The molecular formula is C28H35N7O5. The Bertz CT molecular complexity index is 1430. The number of benzene rings is 2. The number of nitrogens with zero attached hydrogens (tertiary/aromatic N) is 2. The summed E-state index contributed by atoms with van der Waals surface area (Å²) in [5.41, 5.74) is 6.85. The van der Waals surface area contributed by atoms with Gasteiger partial charge >= 0.3 is 0 Å². The molecule has 0 spiro atoms. The third-order valence-electron chi connectivity index (χ3n) is 6.04. The third kappa shape index (κ3) is 7.52. The number of amides is 2. The molecule has 1 aromatic heterocycles. The van der Waals surface area contributed by atoms with E-state index in [1.165, 1.54) is 36.0 Å². The first-order chi connectivity index (χ1) is 19.0. The number of carbonyl (C=O) groups excluding carboxylic acids is 2. The maximum absolute atomic E-state index is 13.4. The fourth-order valence-electron chi connectivity index (χ4n) is 3.79. The van der Waals surface area contributed by atoms with E-state index in [4.69, 9.17) is 11.1 Å². The molecular weight excluding hydrogens is 514 g/mol. The Morgan fingerprint density at radius 3 is 2.42 bits per heavy atom. The van der Waals surface area contributed by atoms with Crippen molar-refractivity contribution in [2.45, 2.75) is 45.4 Å². The number of anilines is 2. The number of aliphatic hydroxyl groups excluding tert-OH is 2. The topological polar surface area (TPSA) is 195 Å². The Balaban J connectivity index is 1.96. The van der Waals surface area contributed by atoms with E-state index in [9.17, 15) is 24.6 Å². The van der Waals surface area contributed by atoms with Crippen LogP contribution in [-0.2, 0) is 17.9 Å². The van der Waals surface area contributed by atoms with Gasteiger partial charge in [-0.1, -0.05) is 24.3 Å². The Morgan fingerprint density at radius 1 is 1.15 bits per heavy atom. The second-order valence-corrected chi connectivity index (χ2v) is 10.0. The normalized spacial score (nSPS) is 11.2. The highest BCUT2D eigenvalue weighted by Crippen LogP contribution is 2.24. The van der Waals surface area contributed by atoms with Crippen LogP contribution in [0.1, 0.15) is 42.3 Å². The van der Waals surface area contributed by atoms with Crippen LogP contribution in [0.25, 0.3) is 11.3 Å². The van der Waals surface area contributed by atoms with Gasteiger partial charge in [-0.15, -0.1) is 0 Å². The molecule has 0 fully saturated rings. The molecule has 2 amide bonds. The molecule has 3 rings (SSSR count). The van der Waals surface area contributed by atoms with Gasteiger partial charge in [0.25, 0.3) is 11.5 Å². The van der Waals surface area contributed by atoms with E-state index in [1.807, 2.05) is 13.8 Å². The molecule has 1 heterocycles. The third-order valence-corrected chi connectivity index (χ3v) is 6.04. The van der Waals surface area contributed by atoms with E-state index in [0.717, 1.165) is 11.1 Å². The van der Waals surface area contributed by atoms with Crippen molar-refractivity contribution in [1.29, 1.82) is 5.41 Å². The maximum Gasteiger partial charge on any atom is 0.294 e. The van der Waals surface area contributed by atoms with Crippen molar-refractivity contribution in [2.75, 3.05) is 24.3 Å². The van der Waals surface area contributed by atoms with Gasteiger partial charge in [0.2, 0.25) is 5.91 Å². The lowest BCUT2D eigenvalue weighted by molar-refractivity contribution is -0.121. The average Bonchev–Trinajstić information content (AvgIpc) is 2.93. The summed E-state index contributed by atoms with van der Waals surface area (Å²) in [5.74, 6) is -0.951. The molecule has 0 aliphatic carbocycles. The molecule has 0 saturated heterocycles. The molecule has 3 aromatic rings. The molecule has 8 N–H and O–H groups in total. The van der Waals surface area contributed by atoms with E-state index >= 15 is 0 Å². The predicted octanol–water partition coefficient (Wildman–Crippen LogP) is 1.10. The zero-order chi connectivity index (χ0) is 29.4. The maximum atomic E-state index is 13.4. The Morgan fingerprint density at radius 2 is 1.82 bits per heavy atom. The Kier molecular flexibility index (Phi) is 9.75. The van der Waals surface area contributed by atoms with Gasteiger partial charge in [0, 0.05) is 35.6 Å². The van der Waals surface area contributed by atoms with Crippen LogP contribution in [0.3, 0.4) is 0 Å². The minimum absolute atomic E-state index is 0.0670. The van der Waals surface area contributed by atoms with Crippen molar-refractivity contribution in [3.63, 3.8) is 0 Å². The number of nitrogens with one attached hydrogen (secondary N) is 4. The number of aliphatic hydroxyl groups is 2. The van der Waals surface area contributed by atoms with Gasteiger partial charge in [0.05, 0.1) is 30.6 Å². The second kappa shape index (κ2) is 13.0. The van der Waals surface area contributed by atoms with Crippen LogP contribution in [0.4, 0.5) is 11.5 Å². The van der Waals surface area contributed by atoms with Crippen molar-refractivity contribution in [3.05, 3.63) is 75.7 Å². The Labute approximate surface area is 231 Å². The van der Waals surface area contributed by atoms with Gasteiger partial charge in [0.15, 0.2) is 5.82 Å². The van der Waals surface area contributed by atoms with Gasteiger partial charge in [0.1, 0.15) is 6.54 Å². The van der Waals surface area contributed by atoms with Gasteiger partial charge < -0.3 is 37.3 Å². The molecule has 0 aliphatic rings. The number of hydrogen-bond donors (Lipinski definition) is 7. The molecule has 12 nitrogen and oxygen atoms in total. The van der Waals surface area contributed by atoms with Gasteiger partial charge in [-0.2, -0.15) is 0 Å². The quantitative estimate of drug-likeness (QED) is 0.129.